The number of hydrogen-bond acceptors (Lipinski definition) is 4. The maximum absolute atomic E-state index is 13.7. The molecule has 3 rings (SSSR count). The van der Waals surface area contributed by atoms with Gasteiger partial charge in [0.05, 0.1) is 0 Å². The average molecular weight is 408 g/mol. The molecule has 2 amide bonds. The molecule has 1 aliphatic heterocycles. The number of carbonyl (C=O) groups is 2. The molecule has 0 atom stereocenters. The van der Waals surface area contributed by atoms with E-state index in [2.05, 4.69) is 0 Å². The van der Waals surface area contributed by atoms with Crippen LogP contribution in [-0.2, 0) is 17.1 Å². The van der Waals surface area contributed by atoms with Crippen LogP contribution in [0.25, 0.3) is 0 Å². The molecule has 0 bridgehead atoms. The van der Waals surface area contributed by atoms with Gasteiger partial charge >= 0.3 is 0 Å². The molecule has 2 heterocycles. The van der Waals surface area contributed by atoms with Gasteiger partial charge < -0.3 is 15.2 Å². The summed E-state index contributed by atoms with van der Waals surface area (Å²) in [5.74, 6) is -1.52. The third-order valence-corrected chi connectivity index (χ3v) is 6.68. The van der Waals surface area contributed by atoms with Crippen LogP contribution in [0.1, 0.15) is 26.4 Å². The zero-order chi connectivity index (χ0) is 20.6. The number of primary amides is 1. The van der Waals surface area contributed by atoms with Gasteiger partial charge in [-0.3, -0.25) is 9.59 Å². The van der Waals surface area contributed by atoms with Crippen molar-refractivity contribution < 1.29 is 22.4 Å². The van der Waals surface area contributed by atoms with Crippen molar-refractivity contribution >= 4 is 21.8 Å². The largest absolute Gasteiger partial charge is 0.364 e. The van der Waals surface area contributed by atoms with Crippen molar-refractivity contribution in [2.75, 3.05) is 26.2 Å². The Morgan fingerprint density at radius 2 is 1.75 bits per heavy atom. The predicted octanol–water partition coefficient (Wildman–Crippen LogP) is 0.718. The Morgan fingerprint density at radius 3 is 2.29 bits per heavy atom. The van der Waals surface area contributed by atoms with Gasteiger partial charge in [0.2, 0.25) is 10.0 Å². The number of nitrogens with zero attached hydrogens (tertiary/aromatic N) is 3. The quantitative estimate of drug-likeness (QED) is 0.805. The van der Waals surface area contributed by atoms with E-state index in [0.717, 1.165) is 0 Å². The smallest absolute Gasteiger partial charge is 0.265 e. The highest BCUT2D eigenvalue weighted by atomic mass is 32.2. The monoisotopic (exact) mass is 408 g/mol. The Morgan fingerprint density at radius 1 is 1.11 bits per heavy atom. The zero-order valence-electron chi connectivity index (χ0n) is 15.6. The summed E-state index contributed by atoms with van der Waals surface area (Å²) in [6, 6.07) is 5.52. The molecule has 0 saturated carbocycles. The molecule has 1 aliphatic rings. The zero-order valence-corrected chi connectivity index (χ0v) is 16.4. The minimum atomic E-state index is -3.82. The van der Waals surface area contributed by atoms with Gasteiger partial charge in [-0.2, -0.15) is 4.31 Å². The molecule has 2 aromatic rings. The van der Waals surface area contributed by atoms with Crippen molar-refractivity contribution in [3.05, 3.63) is 53.1 Å². The van der Waals surface area contributed by atoms with E-state index in [4.69, 9.17) is 5.73 Å². The Labute approximate surface area is 162 Å². The van der Waals surface area contributed by atoms with Crippen molar-refractivity contribution in [3.63, 3.8) is 0 Å². The van der Waals surface area contributed by atoms with Crippen LogP contribution in [0.5, 0.6) is 0 Å². The number of amides is 2. The van der Waals surface area contributed by atoms with E-state index in [1.54, 1.807) is 13.0 Å². The van der Waals surface area contributed by atoms with Gasteiger partial charge in [0, 0.05) is 45.0 Å². The highest BCUT2D eigenvalue weighted by molar-refractivity contribution is 7.89. The summed E-state index contributed by atoms with van der Waals surface area (Å²) in [6.07, 6.45) is 1.34. The van der Waals surface area contributed by atoms with E-state index in [1.807, 2.05) is 0 Å². The molecule has 10 heteroatoms. The van der Waals surface area contributed by atoms with E-state index in [9.17, 15) is 22.4 Å². The summed E-state index contributed by atoms with van der Waals surface area (Å²) < 4.78 is 42.0. The predicted molar refractivity (Wildman–Crippen MR) is 99.7 cm³/mol. The molecule has 1 fully saturated rings. The third kappa shape index (κ3) is 3.65. The lowest BCUT2D eigenvalue weighted by Crippen LogP contribution is -2.50. The molecule has 8 nitrogen and oxygen atoms in total. The van der Waals surface area contributed by atoms with Crippen LogP contribution in [0.2, 0.25) is 0 Å². The van der Waals surface area contributed by atoms with Gasteiger partial charge in [0.1, 0.15) is 16.4 Å². The molecular formula is C18H21FN4O4S. The highest BCUT2D eigenvalue weighted by Gasteiger charge is 2.32. The Hall–Kier alpha value is -2.72. The number of aromatic nitrogens is 1. The van der Waals surface area contributed by atoms with Crippen LogP contribution in [0.4, 0.5) is 4.39 Å². The van der Waals surface area contributed by atoms with Crippen LogP contribution < -0.4 is 5.73 Å². The summed E-state index contributed by atoms with van der Waals surface area (Å²) in [4.78, 5) is 25.4. The van der Waals surface area contributed by atoms with Crippen LogP contribution in [0.3, 0.4) is 0 Å². The lowest BCUT2D eigenvalue weighted by molar-refractivity contribution is 0.0697. The Kier molecular flexibility index (Phi) is 5.26. The molecule has 2 N–H and O–H groups in total. The fourth-order valence-corrected chi connectivity index (χ4v) is 4.60. The molecular weight excluding hydrogens is 387 g/mol. The fourth-order valence-electron chi connectivity index (χ4n) is 3.11. The van der Waals surface area contributed by atoms with Gasteiger partial charge in [0.15, 0.2) is 0 Å². The molecule has 1 aromatic carbocycles. The maximum atomic E-state index is 13.7. The molecule has 0 radical (unpaired) electrons. The van der Waals surface area contributed by atoms with Crippen molar-refractivity contribution in [3.8, 4) is 0 Å². The highest BCUT2D eigenvalue weighted by Crippen LogP contribution is 2.21. The molecule has 28 heavy (non-hydrogen) atoms. The van der Waals surface area contributed by atoms with Crippen molar-refractivity contribution in [2.24, 2.45) is 12.8 Å². The third-order valence-electron chi connectivity index (χ3n) is 4.81. The Balaban J connectivity index is 1.72. The maximum Gasteiger partial charge on any atom is 0.265 e. The summed E-state index contributed by atoms with van der Waals surface area (Å²) in [5, 5.41) is 0. The summed E-state index contributed by atoms with van der Waals surface area (Å²) in [7, 11) is -2.28. The fraction of sp³-hybridized carbons (Fsp3) is 0.333. The van der Waals surface area contributed by atoms with Gasteiger partial charge in [0.25, 0.3) is 11.8 Å². The number of benzene rings is 1. The number of aryl methyl sites for hydroxylation is 2. The second-order valence-corrected chi connectivity index (χ2v) is 8.63. The second-order valence-electron chi connectivity index (χ2n) is 6.70. The minimum Gasteiger partial charge on any atom is -0.364 e. The molecule has 1 aromatic heterocycles. The average Bonchev–Trinajstić information content (AvgIpc) is 3.06. The standard InChI is InChI=1S/C18H21FN4O4S/c1-12-3-4-13(9-15(12)19)18(25)22-5-7-23(8-6-22)28(26,27)14-10-16(17(20)24)21(2)11-14/h3-4,9-11H,5-8H2,1-2H3,(H2,20,24). The first-order valence-electron chi connectivity index (χ1n) is 8.63. The minimum absolute atomic E-state index is 0.0239. The number of halogens is 1. The molecule has 150 valence electrons. The van der Waals surface area contributed by atoms with E-state index in [-0.39, 0.29) is 48.2 Å². The van der Waals surface area contributed by atoms with E-state index < -0.39 is 21.7 Å². The van der Waals surface area contributed by atoms with Crippen molar-refractivity contribution in [1.29, 1.82) is 0 Å². The van der Waals surface area contributed by atoms with Gasteiger partial charge in [-0.1, -0.05) is 6.07 Å². The number of hydrogen-bond donors (Lipinski definition) is 1. The first-order valence-corrected chi connectivity index (χ1v) is 10.1. The topological polar surface area (TPSA) is 106 Å². The SMILES string of the molecule is Cc1ccc(C(=O)N2CCN(S(=O)(=O)c3cc(C(N)=O)n(C)c3)CC2)cc1F. The molecule has 1 saturated heterocycles. The number of nitrogens with two attached hydrogens (primary N) is 1. The summed E-state index contributed by atoms with van der Waals surface area (Å²) >= 11 is 0. The second kappa shape index (κ2) is 7.36. The first kappa shape index (κ1) is 20.0. The van der Waals surface area contributed by atoms with Crippen molar-refractivity contribution in [2.45, 2.75) is 11.8 Å². The summed E-state index contributed by atoms with van der Waals surface area (Å²) in [6.45, 7) is 2.18. The molecule has 0 aliphatic carbocycles. The number of sulfonamides is 1. The molecule has 0 unspecified atom stereocenters. The number of rotatable bonds is 4. The lowest BCUT2D eigenvalue weighted by atomic mass is 10.1. The van der Waals surface area contributed by atoms with E-state index >= 15 is 0 Å². The number of carbonyl (C=O) groups excluding carboxylic acids is 2. The van der Waals surface area contributed by atoms with Gasteiger partial charge in [-0.25, -0.2) is 12.8 Å². The van der Waals surface area contributed by atoms with E-state index in [0.29, 0.717) is 5.56 Å². The van der Waals surface area contributed by atoms with Crippen molar-refractivity contribution in [1.82, 2.24) is 13.8 Å². The normalized spacial score (nSPS) is 15.6. The van der Waals surface area contributed by atoms with E-state index in [1.165, 1.54) is 45.2 Å². The lowest BCUT2D eigenvalue weighted by Gasteiger charge is -2.33. The molecule has 0 spiro atoms. The van der Waals surface area contributed by atoms with Gasteiger partial charge in [-0.15, -0.1) is 0 Å². The van der Waals surface area contributed by atoms with Crippen LogP contribution in [0, 0.1) is 12.7 Å². The first-order chi connectivity index (χ1) is 13.1. The summed E-state index contributed by atoms with van der Waals surface area (Å²) in [5.41, 5.74) is 6.01. The Bertz CT molecular complexity index is 1040. The van der Waals surface area contributed by atoms with Crippen LogP contribution in [0.15, 0.2) is 35.4 Å². The number of piperazine rings is 1. The van der Waals surface area contributed by atoms with Crippen LogP contribution >= 0.6 is 0 Å². The van der Waals surface area contributed by atoms with Gasteiger partial charge in [-0.05, 0) is 30.7 Å². The van der Waals surface area contributed by atoms with Crippen LogP contribution in [-0.4, -0.2) is 60.2 Å².